The van der Waals surface area contributed by atoms with Gasteiger partial charge in [-0.2, -0.15) is 0 Å². The topological polar surface area (TPSA) is 96.8 Å². The number of hydrogen-bond donors (Lipinski definition) is 1. The Morgan fingerprint density at radius 1 is 0.971 bits per heavy atom. The predicted octanol–water partition coefficient (Wildman–Crippen LogP) is 3.13. The van der Waals surface area contributed by atoms with Crippen LogP contribution in [0.15, 0.2) is 53.3 Å². The summed E-state index contributed by atoms with van der Waals surface area (Å²) in [5.41, 5.74) is 4.95. The van der Waals surface area contributed by atoms with Crippen LogP contribution in [0.4, 0.5) is 0 Å². The van der Waals surface area contributed by atoms with Crippen molar-refractivity contribution in [1.82, 2.24) is 29.9 Å². The summed E-state index contributed by atoms with van der Waals surface area (Å²) in [6.45, 7) is 5.88. The number of benzene rings is 2. The van der Waals surface area contributed by atoms with Crippen molar-refractivity contribution in [3.63, 3.8) is 0 Å². The number of nitrogens with zero attached hydrogens (tertiary/aromatic N) is 5. The van der Waals surface area contributed by atoms with Gasteiger partial charge in [-0.25, -0.2) is 9.67 Å². The van der Waals surface area contributed by atoms with Gasteiger partial charge in [0.2, 0.25) is 5.91 Å². The van der Waals surface area contributed by atoms with Gasteiger partial charge >= 0.3 is 0 Å². The molecular weight excluding hydrogens is 428 g/mol. The van der Waals surface area contributed by atoms with E-state index in [0.717, 1.165) is 24.0 Å². The molecule has 1 saturated heterocycles. The van der Waals surface area contributed by atoms with Crippen molar-refractivity contribution in [3.05, 3.63) is 87.0 Å². The molecule has 1 aliphatic heterocycles. The van der Waals surface area contributed by atoms with Crippen molar-refractivity contribution in [1.29, 1.82) is 0 Å². The van der Waals surface area contributed by atoms with Crippen molar-refractivity contribution in [2.45, 2.75) is 45.6 Å². The molecule has 0 spiro atoms. The number of carbonyl (C=O) groups is 1. The van der Waals surface area contributed by atoms with E-state index in [1.54, 1.807) is 4.68 Å². The van der Waals surface area contributed by atoms with E-state index < -0.39 is 0 Å². The first kappa shape index (κ1) is 22.0. The second kappa shape index (κ2) is 9.21. The molecule has 8 nitrogen and oxygen atoms in total. The van der Waals surface area contributed by atoms with Crippen LogP contribution in [0.5, 0.6) is 0 Å². The van der Waals surface area contributed by atoms with Gasteiger partial charge in [-0.15, -0.1) is 5.10 Å². The summed E-state index contributed by atoms with van der Waals surface area (Å²) in [6.07, 6.45) is 1.93. The van der Waals surface area contributed by atoms with Crippen LogP contribution in [0.2, 0.25) is 0 Å². The fraction of sp³-hybridized carbons (Fsp3) is 0.346. The maximum Gasteiger partial charge on any atom is 0.281 e. The third kappa shape index (κ3) is 4.62. The monoisotopic (exact) mass is 456 g/mol. The van der Waals surface area contributed by atoms with E-state index >= 15 is 0 Å². The van der Waals surface area contributed by atoms with Crippen molar-refractivity contribution in [2.24, 2.45) is 0 Å². The van der Waals surface area contributed by atoms with Crippen LogP contribution in [0.1, 0.15) is 46.8 Å². The Morgan fingerprint density at radius 3 is 2.24 bits per heavy atom. The molecule has 0 saturated carbocycles. The number of H-pyrrole nitrogens is 1. The van der Waals surface area contributed by atoms with Crippen LogP contribution >= 0.6 is 0 Å². The number of amides is 1. The standard InChI is InChI=1S/C26H28N6O2/c1-17-3-7-19(8-4-17)15-22(33)31-13-11-21(12-14-31)24-27-25-23(26(34)28-24)29-30-32(25)16-20-9-5-18(2)6-10-20/h3-10,21H,11-16H2,1-2H3,(H,27,28,34). The van der Waals surface area contributed by atoms with E-state index in [9.17, 15) is 9.59 Å². The van der Waals surface area contributed by atoms with Gasteiger partial charge in [0.1, 0.15) is 5.82 Å². The minimum Gasteiger partial charge on any atom is -0.342 e. The lowest BCUT2D eigenvalue weighted by atomic mass is 9.95. The number of hydrogen-bond acceptors (Lipinski definition) is 5. The van der Waals surface area contributed by atoms with Gasteiger partial charge in [0, 0.05) is 19.0 Å². The average molecular weight is 457 g/mol. The second-order valence-corrected chi connectivity index (χ2v) is 9.17. The van der Waals surface area contributed by atoms with Crippen molar-refractivity contribution >= 4 is 17.1 Å². The first-order chi connectivity index (χ1) is 16.5. The molecule has 1 fully saturated rings. The molecule has 1 amide bonds. The number of fused-ring (bicyclic) bond motifs is 1. The maximum absolute atomic E-state index is 12.8. The SMILES string of the molecule is Cc1ccc(CC(=O)N2CCC(c3nc4c(nnn4Cc4ccc(C)cc4)c(=O)[nH]3)CC2)cc1. The first-order valence-corrected chi connectivity index (χ1v) is 11.7. The molecule has 5 rings (SSSR count). The third-order valence-corrected chi connectivity index (χ3v) is 6.56. The largest absolute Gasteiger partial charge is 0.342 e. The number of carbonyl (C=O) groups excluding carboxylic acids is 1. The minimum absolute atomic E-state index is 0.0863. The number of nitrogens with one attached hydrogen (secondary N) is 1. The van der Waals surface area contributed by atoms with Crippen LogP contribution < -0.4 is 5.56 Å². The van der Waals surface area contributed by atoms with E-state index in [1.807, 2.05) is 67.3 Å². The molecule has 1 aliphatic rings. The molecular formula is C26H28N6O2. The van der Waals surface area contributed by atoms with Crippen LogP contribution in [-0.2, 0) is 17.8 Å². The van der Waals surface area contributed by atoms with Crippen LogP contribution in [-0.4, -0.2) is 48.9 Å². The summed E-state index contributed by atoms with van der Waals surface area (Å²) >= 11 is 0. The number of rotatable bonds is 5. The van der Waals surface area contributed by atoms with Crippen LogP contribution in [0, 0.1) is 13.8 Å². The summed E-state index contributed by atoms with van der Waals surface area (Å²) in [7, 11) is 0. The highest BCUT2D eigenvalue weighted by Gasteiger charge is 2.26. The normalized spacial score (nSPS) is 14.6. The van der Waals surface area contributed by atoms with E-state index in [4.69, 9.17) is 4.98 Å². The third-order valence-electron chi connectivity index (χ3n) is 6.56. The number of piperidine rings is 1. The Bertz CT molecular complexity index is 1360. The number of aryl methyl sites for hydroxylation is 2. The van der Waals surface area contributed by atoms with Gasteiger partial charge in [-0.3, -0.25) is 9.59 Å². The smallest absolute Gasteiger partial charge is 0.281 e. The Labute approximate surface area is 197 Å². The first-order valence-electron chi connectivity index (χ1n) is 11.7. The van der Waals surface area contributed by atoms with Crippen molar-refractivity contribution in [2.75, 3.05) is 13.1 Å². The zero-order valence-corrected chi connectivity index (χ0v) is 19.5. The minimum atomic E-state index is -0.270. The summed E-state index contributed by atoms with van der Waals surface area (Å²) in [6, 6.07) is 16.3. The van der Waals surface area contributed by atoms with Gasteiger partial charge in [0.25, 0.3) is 5.56 Å². The number of likely N-dealkylation sites (tertiary alicyclic amines) is 1. The fourth-order valence-corrected chi connectivity index (χ4v) is 4.44. The highest BCUT2D eigenvalue weighted by molar-refractivity contribution is 5.79. The second-order valence-electron chi connectivity index (χ2n) is 9.17. The average Bonchev–Trinajstić information content (AvgIpc) is 3.25. The molecule has 0 radical (unpaired) electrons. The molecule has 174 valence electrons. The van der Waals surface area contributed by atoms with E-state index in [-0.39, 0.29) is 22.9 Å². The van der Waals surface area contributed by atoms with Crippen molar-refractivity contribution < 1.29 is 4.79 Å². The Morgan fingerprint density at radius 2 is 1.59 bits per heavy atom. The van der Waals surface area contributed by atoms with Crippen LogP contribution in [0.25, 0.3) is 11.2 Å². The lowest BCUT2D eigenvalue weighted by Gasteiger charge is -2.31. The number of aromatic amines is 1. The zero-order chi connectivity index (χ0) is 23.7. The maximum atomic E-state index is 12.8. The van der Waals surface area contributed by atoms with Gasteiger partial charge in [0.15, 0.2) is 11.2 Å². The molecule has 0 atom stereocenters. The molecule has 8 heteroatoms. The molecule has 3 heterocycles. The van der Waals surface area contributed by atoms with Crippen LogP contribution in [0.3, 0.4) is 0 Å². The van der Waals surface area contributed by atoms with Crippen molar-refractivity contribution in [3.8, 4) is 0 Å². The number of aromatic nitrogens is 5. The lowest BCUT2D eigenvalue weighted by Crippen LogP contribution is -2.39. The molecule has 0 aliphatic carbocycles. The quantitative estimate of drug-likeness (QED) is 0.498. The van der Waals surface area contributed by atoms with Gasteiger partial charge in [-0.05, 0) is 37.8 Å². The Kier molecular flexibility index (Phi) is 5.96. The fourth-order valence-electron chi connectivity index (χ4n) is 4.44. The molecule has 0 unspecified atom stereocenters. The van der Waals surface area contributed by atoms with E-state index in [2.05, 4.69) is 15.3 Å². The van der Waals surface area contributed by atoms with Gasteiger partial charge in [-0.1, -0.05) is 64.9 Å². The predicted molar refractivity (Wildman–Crippen MR) is 130 cm³/mol. The van der Waals surface area contributed by atoms with Gasteiger partial charge < -0.3 is 9.88 Å². The highest BCUT2D eigenvalue weighted by atomic mass is 16.2. The zero-order valence-electron chi connectivity index (χ0n) is 19.5. The molecule has 1 N–H and O–H groups in total. The van der Waals surface area contributed by atoms with E-state index in [1.165, 1.54) is 11.1 Å². The summed E-state index contributed by atoms with van der Waals surface area (Å²) in [5, 5.41) is 8.22. The Balaban J connectivity index is 1.29. The molecule has 34 heavy (non-hydrogen) atoms. The highest BCUT2D eigenvalue weighted by Crippen LogP contribution is 2.26. The molecule has 2 aromatic heterocycles. The lowest BCUT2D eigenvalue weighted by molar-refractivity contribution is -0.131. The van der Waals surface area contributed by atoms with Gasteiger partial charge in [0.05, 0.1) is 13.0 Å². The summed E-state index contributed by atoms with van der Waals surface area (Å²) in [5.74, 6) is 0.874. The molecule has 2 aromatic carbocycles. The summed E-state index contributed by atoms with van der Waals surface area (Å²) < 4.78 is 1.68. The van der Waals surface area contributed by atoms with E-state index in [0.29, 0.717) is 37.5 Å². The molecule has 4 aromatic rings. The molecule has 0 bridgehead atoms. The Hall–Kier alpha value is -3.81. The summed E-state index contributed by atoms with van der Waals surface area (Å²) in [4.78, 5) is 35.0.